The van der Waals surface area contributed by atoms with Crippen molar-refractivity contribution in [2.45, 2.75) is 39.0 Å². The van der Waals surface area contributed by atoms with Gasteiger partial charge in [0.1, 0.15) is 5.75 Å². The Kier molecular flexibility index (Phi) is 7.71. The third-order valence-electron chi connectivity index (χ3n) is 5.75. The highest BCUT2D eigenvalue weighted by molar-refractivity contribution is 5.79. The minimum absolute atomic E-state index is 0.0180. The number of benzene rings is 1. The lowest BCUT2D eigenvalue weighted by Gasteiger charge is -2.35. The fourth-order valence-corrected chi connectivity index (χ4v) is 3.93. The molecule has 2 amide bonds. The average Bonchev–Trinajstić information content (AvgIpc) is 3.02. The van der Waals surface area contributed by atoms with E-state index in [1.807, 2.05) is 34.1 Å². The first-order chi connectivity index (χ1) is 13.7. The summed E-state index contributed by atoms with van der Waals surface area (Å²) in [5.74, 6) is 1.05. The van der Waals surface area contributed by atoms with Gasteiger partial charge in [0.2, 0.25) is 5.91 Å². The molecule has 0 saturated carbocycles. The predicted molar refractivity (Wildman–Crippen MR) is 109 cm³/mol. The molecule has 2 fully saturated rings. The summed E-state index contributed by atoms with van der Waals surface area (Å²) in [5, 5.41) is 0. The van der Waals surface area contributed by atoms with Crippen LogP contribution in [0.15, 0.2) is 24.3 Å². The van der Waals surface area contributed by atoms with E-state index in [0.717, 1.165) is 56.8 Å². The van der Waals surface area contributed by atoms with Crippen molar-refractivity contribution < 1.29 is 14.3 Å². The molecule has 0 bridgehead atoms. The number of rotatable bonds is 6. The van der Waals surface area contributed by atoms with Crippen LogP contribution in [0.5, 0.6) is 5.75 Å². The summed E-state index contributed by atoms with van der Waals surface area (Å²) in [5.41, 5.74) is 1.12. The highest BCUT2D eigenvalue weighted by Crippen LogP contribution is 2.18. The first kappa shape index (κ1) is 20.6. The molecule has 0 N–H and O–H groups in total. The highest BCUT2D eigenvalue weighted by Gasteiger charge is 2.24. The maximum absolute atomic E-state index is 12.5. The molecule has 0 aliphatic carbocycles. The van der Waals surface area contributed by atoms with Gasteiger partial charge in [-0.25, -0.2) is 0 Å². The van der Waals surface area contributed by atoms with Crippen molar-refractivity contribution >= 4 is 11.8 Å². The maximum Gasteiger partial charge on any atom is 0.260 e. The second-order valence-electron chi connectivity index (χ2n) is 7.70. The zero-order valence-electron chi connectivity index (χ0n) is 17.1. The van der Waals surface area contributed by atoms with Gasteiger partial charge in [-0.15, -0.1) is 0 Å². The SMILES string of the molecule is CCc1ccccc1OCC(=O)N1CCN(CC(=O)N2CCCCCC2)CC1. The number of hydrogen-bond acceptors (Lipinski definition) is 4. The number of aryl methyl sites for hydroxylation is 1. The fraction of sp³-hybridized carbons (Fsp3) is 0.636. The van der Waals surface area contributed by atoms with Gasteiger partial charge in [-0.2, -0.15) is 0 Å². The van der Waals surface area contributed by atoms with Crippen LogP contribution in [-0.4, -0.2) is 78.9 Å². The van der Waals surface area contributed by atoms with Gasteiger partial charge in [0, 0.05) is 39.3 Å². The van der Waals surface area contributed by atoms with Gasteiger partial charge >= 0.3 is 0 Å². The Morgan fingerprint density at radius 1 is 0.857 bits per heavy atom. The minimum Gasteiger partial charge on any atom is -0.483 e. The summed E-state index contributed by atoms with van der Waals surface area (Å²) in [6.45, 7) is 7.23. The van der Waals surface area contributed by atoms with Gasteiger partial charge in [-0.1, -0.05) is 38.0 Å². The number of para-hydroxylation sites is 1. The molecule has 6 heteroatoms. The molecular formula is C22H33N3O3. The van der Waals surface area contributed by atoms with Crippen molar-refractivity contribution in [1.29, 1.82) is 0 Å². The number of piperazine rings is 1. The van der Waals surface area contributed by atoms with Crippen molar-refractivity contribution in [3.8, 4) is 5.75 Å². The highest BCUT2D eigenvalue weighted by atomic mass is 16.5. The lowest BCUT2D eigenvalue weighted by Crippen LogP contribution is -2.52. The topological polar surface area (TPSA) is 53.1 Å². The summed E-state index contributed by atoms with van der Waals surface area (Å²) in [6.07, 6.45) is 5.59. The fourth-order valence-electron chi connectivity index (χ4n) is 3.93. The molecule has 2 aliphatic rings. The van der Waals surface area contributed by atoms with Crippen LogP contribution in [-0.2, 0) is 16.0 Å². The van der Waals surface area contributed by atoms with Crippen LogP contribution >= 0.6 is 0 Å². The van der Waals surface area contributed by atoms with Gasteiger partial charge in [0.05, 0.1) is 6.54 Å². The lowest BCUT2D eigenvalue weighted by molar-refractivity contribution is -0.136. The summed E-state index contributed by atoms with van der Waals surface area (Å²) in [6, 6.07) is 7.86. The molecule has 2 aliphatic heterocycles. The molecule has 1 aromatic rings. The number of hydrogen-bond donors (Lipinski definition) is 0. The van der Waals surface area contributed by atoms with E-state index in [4.69, 9.17) is 4.74 Å². The Hall–Kier alpha value is -2.08. The molecular weight excluding hydrogens is 354 g/mol. The molecule has 3 rings (SSSR count). The largest absolute Gasteiger partial charge is 0.483 e. The number of carbonyl (C=O) groups excluding carboxylic acids is 2. The number of ether oxygens (including phenoxy) is 1. The Morgan fingerprint density at radius 2 is 1.50 bits per heavy atom. The van der Waals surface area contributed by atoms with Crippen LogP contribution in [0.3, 0.4) is 0 Å². The molecule has 2 heterocycles. The van der Waals surface area contributed by atoms with Crippen LogP contribution in [0.25, 0.3) is 0 Å². The van der Waals surface area contributed by atoms with Crippen LogP contribution in [0.1, 0.15) is 38.2 Å². The number of likely N-dealkylation sites (tertiary alicyclic amines) is 1. The van der Waals surface area contributed by atoms with E-state index in [1.54, 1.807) is 0 Å². The Balaban J connectivity index is 1.40. The van der Waals surface area contributed by atoms with Crippen molar-refractivity contribution in [1.82, 2.24) is 14.7 Å². The molecule has 1 aromatic carbocycles. The monoisotopic (exact) mass is 387 g/mol. The number of carbonyl (C=O) groups is 2. The number of amides is 2. The van der Waals surface area contributed by atoms with Crippen LogP contribution in [0.2, 0.25) is 0 Å². The first-order valence-corrected chi connectivity index (χ1v) is 10.7. The van der Waals surface area contributed by atoms with E-state index in [0.29, 0.717) is 19.6 Å². The minimum atomic E-state index is 0.0180. The van der Waals surface area contributed by atoms with E-state index in [2.05, 4.69) is 11.8 Å². The second-order valence-corrected chi connectivity index (χ2v) is 7.70. The van der Waals surface area contributed by atoms with Crippen molar-refractivity contribution in [2.75, 3.05) is 52.4 Å². The third kappa shape index (κ3) is 5.71. The quantitative estimate of drug-likeness (QED) is 0.751. The Bertz CT molecular complexity index is 648. The van der Waals surface area contributed by atoms with Gasteiger partial charge in [0.25, 0.3) is 5.91 Å². The van der Waals surface area contributed by atoms with E-state index < -0.39 is 0 Å². The summed E-state index contributed by atoms with van der Waals surface area (Å²) < 4.78 is 5.76. The van der Waals surface area contributed by atoms with Gasteiger partial charge in [-0.3, -0.25) is 14.5 Å². The summed E-state index contributed by atoms with van der Waals surface area (Å²) >= 11 is 0. The van der Waals surface area contributed by atoms with Crippen molar-refractivity contribution in [3.05, 3.63) is 29.8 Å². The Labute approximate surface area is 168 Å². The van der Waals surface area contributed by atoms with Gasteiger partial charge in [0.15, 0.2) is 6.61 Å². The van der Waals surface area contributed by atoms with Crippen molar-refractivity contribution in [3.63, 3.8) is 0 Å². The molecule has 0 unspecified atom stereocenters. The van der Waals surface area contributed by atoms with Crippen LogP contribution in [0, 0.1) is 0 Å². The normalized spacial score (nSPS) is 18.6. The first-order valence-electron chi connectivity index (χ1n) is 10.7. The van der Waals surface area contributed by atoms with Gasteiger partial charge < -0.3 is 14.5 Å². The molecule has 154 valence electrons. The zero-order chi connectivity index (χ0) is 19.8. The smallest absolute Gasteiger partial charge is 0.260 e. The second kappa shape index (κ2) is 10.5. The molecule has 0 radical (unpaired) electrons. The molecule has 0 spiro atoms. The van der Waals surface area contributed by atoms with E-state index in [-0.39, 0.29) is 18.4 Å². The maximum atomic E-state index is 12.5. The molecule has 0 aromatic heterocycles. The lowest BCUT2D eigenvalue weighted by atomic mass is 10.1. The van der Waals surface area contributed by atoms with E-state index in [1.165, 1.54) is 12.8 Å². The molecule has 6 nitrogen and oxygen atoms in total. The number of nitrogens with zero attached hydrogens (tertiary/aromatic N) is 3. The van der Waals surface area contributed by atoms with E-state index >= 15 is 0 Å². The van der Waals surface area contributed by atoms with Gasteiger partial charge in [-0.05, 0) is 30.9 Å². The molecule has 2 saturated heterocycles. The summed E-state index contributed by atoms with van der Waals surface area (Å²) in [7, 11) is 0. The average molecular weight is 388 g/mol. The van der Waals surface area contributed by atoms with Crippen LogP contribution < -0.4 is 4.74 Å². The molecule has 0 atom stereocenters. The summed E-state index contributed by atoms with van der Waals surface area (Å²) in [4.78, 5) is 31.1. The standard InChI is InChI=1S/C22H33N3O3/c1-2-19-9-5-6-10-20(19)28-18-22(27)25-15-13-23(14-16-25)17-21(26)24-11-7-3-4-8-12-24/h5-6,9-10H,2-4,7-8,11-18H2,1H3. The third-order valence-corrected chi connectivity index (χ3v) is 5.75. The predicted octanol–water partition coefficient (Wildman–Crippen LogP) is 2.17. The molecule has 28 heavy (non-hydrogen) atoms. The van der Waals surface area contributed by atoms with E-state index in [9.17, 15) is 9.59 Å². The zero-order valence-corrected chi connectivity index (χ0v) is 17.1. The van der Waals surface area contributed by atoms with Crippen LogP contribution in [0.4, 0.5) is 0 Å². The Morgan fingerprint density at radius 3 is 2.18 bits per heavy atom. The van der Waals surface area contributed by atoms with Crippen molar-refractivity contribution in [2.24, 2.45) is 0 Å².